The van der Waals surface area contributed by atoms with Crippen LogP contribution >= 0.6 is 0 Å². The quantitative estimate of drug-likeness (QED) is 0.308. The highest BCUT2D eigenvalue weighted by molar-refractivity contribution is 6.01. The van der Waals surface area contributed by atoms with Crippen LogP contribution in [-0.4, -0.2) is 7.05 Å². The zero-order chi connectivity index (χ0) is 20.3. The molecule has 1 heteroatoms. The van der Waals surface area contributed by atoms with Gasteiger partial charge in [-0.05, 0) is 57.7 Å². The fraction of sp³-hybridized carbons (Fsp3) is 0.0345. The highest BCUT2D eigenvalue weighted by Gasteiger charge is 2.21. The molecule has 0 saturated heterocycles. The Labute approximate surface area is 178 Å². The van der Waals surface area contributed by atoms with Gasteiger partial charge in [-0.15, -0.1) is 0 Å². The molecule has 144 valence electrons. The van der Waals surface area contributed by atoms with Gasteiger partial charge in [0.15, 0.2) is 0 Å². The lowest BCUT2D eigenvalue weighted by Crippen LogP contribution is -2.08. The van der Waals surface area contributed by atoms with Crippen LogP contribution in [-0.2, 0) is 0 Å². The van der Waals surface area contributed by atoms with E-state index in [9.17, 15) is 0 Å². The van der Waals surface area contributed by atoms with E-state index in [2.05, 4.69) is 127 Å². The van der Waals surface area contributed by atoms with Gasteiger partial charge in [-0.1, -0.05) is 97.1 Å². The second-order valence-electron chi connectivity index (χ2n) is 7.52. The molecule has 0 radical (unpaired) electrons. The summed E-state index contributed by atoms with van der Waals surface area (Å²) in [6, 6.07) is 36.4. The van der Waals surface area contributed by atoms with Gasteiger partial charge in [0, 0.05) is 18.4 Å². The summed E-state index contributed by atoms with van der Waals surface area (Å²) in [5.74, 6) is 0. The molecule has 1 nitrogen and oxygen atoms in total. The van der Waals surface area contributed by atoms with Gasteiger partial charge in [-0.3, -0.25) is 0 Å². The van der Waals surface area contributed by atoms with Crippen LogP contribution in [0.5, 0.6) is 0 Å². The minimum absolute atomic E-state index is 1.18. The first-order valence-corrected chi connectivity index (χ1v) is 10.3. The van der Waals surface area contributed by atoms with E-state index in [1.807, 2.05) is 6.07 Å². The molecule has 1 aliphatic carbocycles. The Hall–Kier alpha value is -3.84. The van der Waals surface area contributed by atoms with E-state index in [4.69, 9.17) is 0 Å². The summed E-state index contributed by atoms with van der Waals surface area (Å²) < 4.78 is 0. The lowest BCUT2D eigenvalue weighted by atomic mass is 10.0. The third-order valence-corrected chi connectivity index (χ3v) is 5.70. The van der Waals surface area contributed by atoms with Crippen LogP contribution in [0.25, 0.3) is 22.8 Å². The molecule has 0 amide bonds. The van der Waals surface area contributed by atoms with Gasteiger partial charge < -0.3 is 4.90 Å². The standard InChI is InChI=1S/C29H23N/c1-30(23-11-3-2-4-12-23)24-20-18-22(19-21-24)10-9-17-29-27-15-7-5-13-25(27)26-14-6-8-16-28(26)29/h2-21H,1H3/b10-9+. The SMILES string of the molecule is CN(c1ccccc1)c1ccc(/C=C/C=C2c3ccccc3-c3ccccc32)cc1. The fourth-order valence-electron chi connectivity index (χ4n) is 4.10. The Morgan fingerprint density at radius 1 is 0.533 bits per heavy atom. The Morgan fingerprint density at radius 2 is 1.03 bits per heavy atom. The Bertz CT molecular complexity index is 1180. The first kappa shape index (κ1) is 18.2. The number of hydrogen-bond acceptors (Lipinski definition) is 1. The number of allylic oxidation sites excluding steroid dienone is 2. The molecule has 0 aliphatic heterocycles. The molecule has 0 bridgehead atoms. The lowest BCUT2D eigenvalue weighted by molar-refractivity contribution is 1.21. The molecule has 0 unspecified atom stereocenters. The maximum Gasteiger partial charge on any atom is 0.0408 e. The van der Waals surface area contributed by atoms with Crippen molar-refractivity contribution in [1.29, 1.82) is 0 Å². The minimum Gasteiger partial charge on any atom is -0.345 e. The van der Waals surface area contributed by atoms with Crippen LogP contribution in [0.1, 0.15) is 16.7 Å². The zero-order valence-corrected chi connectivity index (χ0v) is 17.0. The van der Waals surface area contributed by atoms with E-state index in [1.165, 1.54) is 44.8 Å². The van der Waals surface area contributed by atoms with Gasteiger partial charge in [0.1, 0.15) is 0 Å². The summed E-state index contributed by atoms with van der Waals surface area (Å²) in [5, 5.41) is 0. The van der Waals surface area contributed by atoms with Crippen molar-refractivity contribution < 1.29 is 0 Å². The lowest BCUT2D eigenvalue weighted by Gasteiger charge is -2.19. The van der Waals surface area contributed by atoms with Crippen LogP contribution in [0.4, 0.5) is 11.4 Å². The number of fused-ring (bicyclic) bond motifs is 3. The van der Waals surface area contributed by atoms with Crippen molar-refractivity contribution in [2.75, 3.05) is 11.9 Å². The van der Waals surface area contributed by atoms with E-state index < -0.39 is 0 Å². The van der Waals surface area contributed by atoms with E-state index in [1.54, 1.807) is 0 Å². The van der Waals surface area contributed by atoms with Gasteiger partial charge in [0.25, 0.3) is 0 Å². The highest BCUT2D eigenvalue weighted by atomic mass is 15.1. The van der Waals surface area contributed by atoms with Crippen molar-refractivity contribution in [2.45, 2.75) is 0 Å². The fourth-order valence-corrected chi connectivity index (χ4v) is 4.10. The topological polar surface area (TPSA) is 3.24 Å². The smallest absolute Gasteiger partial charge is 0.0408 e. The largest absolute Gasteiger partial charge is 0.345 e. The van der Waals surface area contributed by atoms with Gasteiger partial charge in [-0.25, -0.2) is 0 Å². The first-order chi connectivity index (χ1) is 14.8. The summed E-state index contributed by atoms with van der Waals surface area (Å²) in [5.41, 5.74) is 10.1. The number of anilines is 2. The molecule has 0 saturated carbocycles. The molecule has 30 heavy (non-hydrogen) atoms. The van der Waals surface area contributed by atoms with Gasteiger partial charge >= 0.3 is 0 Å². The van der Waals surface area contributed by atoms with Gasteiger partial charge in [0.2, 0.25) is 0 Å². The van der Waals surface area contributed by atoms with Gasteiger partial charge in [-0.2, -0.15) is 0 Å². The molecule has 0 spiro atoms. The molecule has 4 aromatic carbocycles. The Kier molecular flexibility index (Phi) is 4.78. The zero-order valence-electron chi connectivity index (χ0n) is 17.0. The van der Waals surface area contributed by atoms with E-state index in [0.717, 1.165) is 0 Å². The van der Waals surface area contributed by atoms with Crippen molar-refractivity contribution in [3.8, 4) is 11.1 Å². The Morgan fingerprint density at radius 3 is 1.63 bits per heavy atom. The van der Waals surface area contributed by atoms with Crippen LogP contribution < -0.4 is 4.90 Å². The van der Waals surface area contributed by atoms with E-state index >= 15 is 0 Å². The van der Waals surface area contributed by atoms with Crippen LogP contribution in [0.15, 0.2) is 115 Å². The summed E-state index contributed by atoms with van der Waals surface area (Å²) in [6.45, 7) is 0. The molecular weight excluding hydrogens is 362 g/mol. The van der Waals surface area contributed by atoms with Crippen molar-refractivity contribution in [3.63, 3.8) is 0 Å². The minimum atomic E-state index is 1.18. The van der Waals surface area contributed by atoms with Crippen molar-refractivity contribution in [2.24, 2.45) is 0 Å². The van der Waals surface area contributed by atoms with Crippen LogP contribution in [0, 0.1) is 0 Å². The average Bonchev–Trinajstić information content (AvgIpc) is 3.14. The molecule has 5 rings (SSSR count). The summed E-state index contributed by atoms with van der Waals surface area (Å²) >= 11 is 0. The highest BCUT2D eigenvalue weighted by Crippen LogP contribution is 2.43. The van der Waals surface area contributed by atoms with Crippen LogP contribution in [0.2, 0.25) is 0 Å². The molecule has 0 aromatic heterocycles. The summed E-state index contributed by atoms with van der Waals surface area (Å²) in [6.07, 6.45) is 6.56. The third kappa shape index (κ3) is 3.35. The number of hydrogen-bond donors (Lipinski definition) is 0. The third-order valence-electron chi connectivity index (χ3n) is 5.70. The predicted octanol–water partition coefficient (Wildman–Crippen LogP) is 7.58. The van der Waals surface area contributed by atoms with Crippen molar-refractivity contribution >= 4 is 23.0 Å². The number of para-hydroxylation sites is 1. The Balaban J connectivity index is 1.39. The molecule has 0 heterocycles. The van der Waals surface area contributed by atoms with Gasteiger partial charge in [0.05, 0.1) is 0 Å². The van der Waals surface area contributed by atoms with E-state index in [-0.39, 0.29) is 0 Å². The molecule has 0 N–H and O–H groups in total. The van der Waals surface area contributed by atoms with Crippen molar-refractivity contribution in [1.82, 2.24) is 0 Å². The van der Waals surface area contributed by atoms with Crippen LogP contribution in [0.3, 0.4) is 0 Å². The second-order valence-corrected chi connectivity index (χ2v) is 7.52. The normalized spacial score (nSPS) is 12.0. The second kappa shape index (κ2) is 7.88. The summed E-state index contributed by atoms with van der Waals surface area (Å²) in [4.78, 5) is 2.20. The monoisotopic (exact) mass is 385 g/mol. The number of benzene rings is 4. The molecular formula is C29H23N. The number of rotatable bonds is 4. The average molecular weight is 386 g/mol. The molecule has 0 fully saturated rings. The predicted molar refractivity (Wildman–Crippen MR) is 129 cm³/mol. The molecule has 1 aliphatic rings. The summed E-state index contributed by atoms with van der Waals surface area (Å²) in [7, 11) is 2.10. The molecule has 0 atom stereocenters. The van der Waals surface area contributed by atoms with E-state index in [0.29, 0.717) is 0 Å². The molecule has 4 aromatic rings. The maximum absolute atomic E-state index is 2.23. The maximum atomic E-state index is 2.23. The number of nitrogens with zero attached hydrogens (tertiary/aromatic N) is 1. The van der Waals surface area contributed by atoms with Crippen molar-refractivity contribution in [3.05, 3.63) is 132 Å². The first-order valence-electron chi connectivity index (χ1n) is 10.3.